The summed E-state index contributed by atoms with van der Waals surface area (Å²) >= 11 is 0. The fraction of sp³-hybridized carbons (Fsp3) is 0.100. The molecule has 132 valence electrons. The van der Waals surface area contributed by atoms with E-state index in [1.54, 1.807) is 37.6 Å². The van der Waals surface area contributed by atoms with Crippen LogP contribution in [0.1, 0.15) is 10.4 Å². The third-order valence-electron chi connectivity index (χ3n) is 4.67. The molecule has 0 unspecified atom stereocenters. The van der Waals surface area contributed by atoms with Gasteiger partial charge in [-0.15, -0.1) is 0 Å². The van der Waals surface area contributed by atoms with Crippen molar-refractivity contribution in [3.8, 4) is 5.69 Å². The van der Waals surface area contributed by atoms with Crippen LogP contribution in [0.15, 0.2) is 61.3 Å². The summed E-state index contributed by atoms with van der Waals surface area (Å²) in [6.07, 6.45) is 8.95. The van der Waals surface area contributed by atoms with E-state index in [2.05, 4.69) is 14.5 Å². The molecule has 0 saturated heterocycles. The molecule has 0 aliphatic heterocycles. The number of rotatable bonds is 2. The highest BCUT2D eigenvalue weighted by molar-refractivity contribution is 6.07. The molecule has 5 rings (SSSR count). The summed E-state index contributed by atoms with van der Waals surface area (Å²) in [6.45, 7) is 0. The molecule has 0 radical (unpaired) electrons. The van der Waals surface area contributed by atoms with Gasteiger partial charge in [0.2, 0.25) is 0 Å². The largest absolute Gasteiger partial charge is 0.345 e. The lowest BCUT2D eigenvalue weighted by Crippen LogP contribution is -2.21. The second-order valence-corrected chi connectivity index (χ2v) is 6.57. The van der Waals surface area contributed by atoms with Crippen LogP contribution < -0.4 is 0 Å². The predicted octanol–water partition coefficient (Wildman–Crippen LogP) is 2.92. The minimum absolute atomic E-state index is 0.0337. The molecule has 7 heteroatoms. The van der Waals surface area contributed by atoms with E-state index in [1.807, 2.05) is 47.1 Å². The van der Waals surface area contributed by atoms with E-state index in [0.717, 1.165) is 33.4 Å². The van der Waals surface area contributed by atoms with Gasteiger partial charge in [0, 0.05) is 55.5 Å². The van der Waals surface area contributed by atoms with Crippen molar-refractivity contribution in [3.63, 3.8) is 0 Å². The van der Waals surface area contributed by atoms with Crippen molar-refractivity contribution in [1.29, 1.82) is 0 Å². The van der Waals surface area contributed by atoms with E-state index in [9.17, 15) is 4.79 Å². The highest BCUT2D eigenvalue weighted by Crippen LogP contribution is 2.31. The monoisotopic (exact) mass is 356 g/mol. The van der Waals surface area contributed by atoms with Crippen LogP contribution in [-0.2, 0) is 0 Å². The molecular weight excluding hydrogens is 340 g/mol. The van der Waals surface area contributed by atoms with Crippen LogP contribution in [0.25, 0.3) is 33.4 Å². The molecule has 0 atom stereocenters. The molecule has 0 aliphatic rings. The van der Waals surface area contributed by atoms with Crippen molar-refractivity contribution in [1.82, 2.24) is 28.8 Å². The van der Waals surface area contributed by atoms with Gasteiger partial charge in [0.05, 0.1) is 11.7 Å². The number of imidazole rings is 1. The van der Waals surface area contributed by atoms with Gasteiger partial charge in [0.1, 0.15) is 5.52 Å². The van der Waals surface area contributed by atoms with Crippen LogP contribution in [0.4, 0.5) is 0 Å². The molecule has 0 aliphatic carbocycles. The standard InChI is InChI=1S/C20H16N6O/c1-24(2)20(27)13-4-3-5-14(10-13)26-16-6-7-21-11-15(16)18-19(26)25-9-8-22-12-17(25)23-18/h3-12H,1-2H3. The first kappa shape index (κ1) is 15.5. The number of nitrogens with zero attached hydrogens (tertiary/aromatic N) is 6. The fourth-order valence-electron chi connectivity index (χ4n) is 3.46. The summed E-state index contributed by atoms with van der Waals surface area (Å²) in [5.41, 5.74) is 5.07. The molecule has 0 N–H and O–H groups in total. The van der Waals surface area contributed by atoms with Crippen molar-refractivity contribution < 1.29 is 4.79 Å². The topological polar surface area (TPSA) is 68.3 Å². The lowest BCUT2D eigenvalue weighted by molar-refractivity contribution is 0.0827. The number of amides is 1. The molecule has 0 spiro atoms. The SMILES string of the molecule is CN(C)C(=O)c1cccc(-n2c3ccncc3c3nc4cnccn4c32)c1. The van der Waals surface area contributed by atoms with Crippen LogP contribution in [0.2, 0.25) is 0 Å². The molecule has 5 aromatic rings. The van der Waals surface area contributed by atoms with Gasteiger partial charge in [-0.1, -0.05) is 6.07 Å². The number of carbonyl (C=O) groups excluding carboxylic acids is 1. The van der Waals surface area contributed by atoms with Crippen molar-refractivity contribution >= 4 is 33.6 Å². The molecule has 1 aromatic carbocycles. The van der Waals surface area contributed by atoms with Crippen molar-refractivity contribution in [2.24, 2.45) is 0 Å². The van der Waals surface area contributed by atoms with Crippen molar-refractivity contribution in [3.05, 3.63) is 66.9 Å². The molecule has 0 saturated carbocycles. The Kier molecular flexibility index (Phi) is 3.24. The maximum absolute atomic E-state index is 12.4. The highest BCUT2D eigenvalue weighted by Gasteiger charge is 2.19. The molecule has 27 heavy (non-hydrogen) atoms. The number of hydrogen-bond acceptors (Lipinski definition) is 4. The number of fused-ring (bicyclic) bond motifs is 5. The number of aromatic nitrogens is 5. The van der Waals surface area contributed by atoms with Gasteiger partial charge in [0.15, 0.2) is 11.3 Å². The Morgan fingerprint density at radius 3 is 2.78 bits per heavy atom. The van der Waals surface area contributed by atoms with E-state index in [-0.39, 0.29) is 5.91 Å². The second-order valence-electron chi connectivity index (χ2n) is 6.57. The lowest BCUT2D eigenvalue weighted by atomic mass is 10.1. The first-order valence-corrected chi connectivity index (χ1v) is 8.53. The van der Waals surface area contributed by atoms with Gasteiger partial charge in [-0.2, -0.15) is 0 Å². The van der Waals surface area contributed by atoms with Crippen LogP contribution >= 0.6 is 0 Å². The Morgan fingerprint density at radius 2 is 1.93 bits per heavy atom. The molecule has 0 fully saturated rings. The minimum atomic E-state index is -0.0337. The predicted molar refractivity (Wildman–Crippen MR) is 103 cm³/mol. The maximum Gasteiger partial charge on any atom is 0.253 e. The van der Waals surface area contributed by atoms with Gasteiger partial charge >= 0.3 is 0 Å². The average molecular weight is 356 g/mol. The van der Waals surface area contributed by atoms with Gasteiger partial charge in [-0.3, -0.25) is 23.7 Å². The van der Waals surface area contributed by atoms with Gasteiger partial charge in [-0.25, -0.2) is 4.98 Å². The van der Waals surface area contributed by atoms with Gasteiger partial charge in [-0.05, 0) is 24.3 Å². The molecule has 4 aromatic heterocycles. The summed E-state index contributed by atoms with van der Waals surface area (Å²) in [7, 11) is 3.50. The molecule has 0 bridgehead atoms. The van der Waals surface area contributed by atoms with E-state index >= 15 is 0 Å². The minimum Gasteiger partial charge on any atom is -0.345 e. The molecular formula is C20H16N6O. The summed E-state index contributed by atoms with van der Waals surface area (Å²) in [6, 6.07) is 9.59. The highest BCUT2D eigenvalue weighted by atomic mass is 16.2. The van der Waals surface area contributed by atoms with Crippen molar-refractivity contribution in [2.75, 3.05) is 14.1 Å². The van der Waals surface area contributed by atoms with Crippen LogP contribution in [-0.4, -0.2) is 48.8 Å². The molecule has 1 amide bonds. The summed E-state index contributed by atoms with van der Waals surface area (Å²) in [4.78, 5) is 27.2. The molecule has 4 heterocycles. The Bertz CT molecular complexity index is 1320. The fourth-order valence-corrected chi connectivity index (χ4v) is 3.46. The second kappa shape index (κ2) is 5.63. The third-order valence-corrected chi connectivity index (χ3v) is 4.67. The van der Waals surface area contributed by atoms with Gasteiger partial charge in [0.25, 0.3) is 5.91 Å². The zero-order chi connectivity index (χ0) is 18.5. The van der Waals surface area contributed by atoms with E-state index in [0.29, 0.717) is 5.56 Å². The molecule has 7 nitrogen and oxygen atoms in total. The number of carbonyl (C=O) groups is 1. The van der Waals surface area contributed by atoms with E-state index < -0.39 is 0 Å². The number of pyridine rings is 1. The number of hydrogen-bond donors (Lipinski definition) is 0. The summed E-state index contributed by atoms with van der Waals surface area (Å²) in [5, 5.41) is 0.959. The zero-order valence-corrected chi connectivity index (χ0v) is 14.9. The summed E-state index contributed by atoms with van der Waals surface area (Å²) < 4.78 is 4.11. The lowest BCUT2D eigenvalue weighted by Gasteiger charge is -2.13. The first-order valence-electron chi connectivity index (χ1n) is 8.53. The maximum atomic E-state index is 12.4. The van der Waals surface area contributed by atoms with Gasteiger partial charge < -0.3 is 4.90 Å². The Balaban J connectivity index is 1.89. The van der Waals surface area contributed by atoms with E-state index in [1.165, 1.54) is 0 Å². The average Bonchev–Trinajstić information content (AvgIpc) is 3.22. The van der Waals surface area contributed by atoms with Crippen LogP contribution in [0, 0.1) is 0 Å². The first-order chi connectivity index (χ1) is 13.1. The Morgan fingerprint density at radius 1 is 1.07 bits per heavy atom. The van der Waals surface area contributed by atoms with E-state index in [4.69, 9.17) is 4.98 Å². The quantitative estimate of drug-likeness (QED) is 0.488. The number of benzene rings is 1. The van der Waals surface area contributed by atoms with Crippen molar-refractivity contribution in [2.45, 2.75) is 0 Å². The normalized spacial score (nSPS) is 11.5. The van der Waals surface area contributed by atoms with Crippen LogP contribution in [0.3, 0.4) is 0 Å². The Labute approximate surface area is 154 Å². The summed E-state index contributed by atoms with van der Waals surface area (Å²) in [5.74, 6) is -0.0337. The smallest absolute Gasteiger partial charge is 0.253 e. The van der Waals surface area contributed by atoms with Crippen LogP contribution in [0.5, 0.6) is 0 Å². The zero-order valence-electron chi connectivity index (χ0n) is 14.9. The third kappa shape index (κ3) is 2.21. The Hall–Kier alpha value is -3.74.